The average molecular weight is 70.0 g/mol. The van der Waals surface area contributed by atoms with Gasteiger partial charge in [0.15, 0.2) is 0 Å². The number of aliphatic hydroxyl groups excluding tert-OH is 1. The van der Waals surface area contributed by atoms with E-state index in [-0.39, 0.29) is 18.9 Å². The Morgan fingerprint density at radius 1 is 1.20 bits per heavy atom. The van der Waals surface area contributed by atoms with Gasteiger partial charge < -0.3 is 10.2 Å². The van der Waals surface area contributed by atoms with Crippen molar-refractivity contribution in [2.24, 2.45) is 0 Å². The van der Waals surface area contributed by atoms with Crippen LogP contribution in [0.1, 0.15) is 0 Å². The van der Waals surface area contributed by atoms with Gasteiger partial charge in [-0.1, -0.05) is 0 Å². The van der Waals surface area contributed by atoms with Gasteiger partial charge in [-0.05, 0) is 0 Å². The molecule has 0 saturated heterocycles. The van der Waals surface area contributed by atoms with Crippen LogP contribution in [0.4, 0.5) is 0 Å². The van der Waals surface area contributed by atoms with Crippen molar-refractivity contribution in [3.05, 3.63) is 0 Å². The normalized spacial score (nSPS) is 2.40. The van der Waals surface area contributed by atoms with E-state index in [2.05, 4.69) is 0 Å². The molecular weight excluding hydrogens is 63.0 g/mol. The predicted molar refractivity (Wildman–Crippen MR) is 14.1 cm³/mol. The average Bonchev–Trinajstić information content (AvgIpc) is 1.50. The second-order valence-corrected chi connectivity index (χ2v) is 0. The van der Waals surface area contributed by atoms with Gasteiger partial charge in [-0.25, -0.2) is 0 Å². The van der Waals surface area contributed by atoms with Crippen LogP contribution in [0.25, 0.3) is 0 Å². The second-order valence-electron chi connectivity index (χ2n) is 0. The molecule has 0 aliphatic heterocycles. The van der Waals surface area contributed by atoms with Gasteiger partial charge in [0.1, 0.15) is 0 Å². The molecule has 3 heteroatoms. The van der Waals surface area contributed by atoms with Crippen LogP contribution in [0.2, 0.25) is 0 Å². The van der Waals surface area contributed by atoms with Crippen molar-refractivity contribution in [3.8, 4) is 0 Å². The zero-order valence-corrected chi connectivity index (χ0v) is 3.86. The van der Waals surface area contributed by atoms with Crippen LogP contribution < -0.4 is 24.0 Å². The molecule has 2 nitrogen and oxygen atoms in total. The zero-order valence-electron chi connectivity index (χ0n) is 3.86. The van der Waals surface area contributed by atoms with Gasteiger partial charge in [-0.2, -0.15) is 7.11 Å². The van der Waals surface area contributed by atoms with E-state index in [0.717, 1.165) is 14.2 Å². The number of aliphatic hydroxyl groups is 1. The van der Waals surface area contributed by atoms with Crippen LogP contribution in [0.3, 0.4) is 0 Å². The molecule has 0 saturated carbocycles. The Hall–Kier alpha value is 0.517. The topological polar surface area (TPSA) is 43.3 Å². The molecule has 0 unspecified atom stereocenters. The van der Waals surface area contributed by atoms with E-state index in [1.165, 1.54) is 0 Å². The number of hydrogen-bond acceptors (Lipinski definition) is 2. The molecule has 0 spiro atoms. The fourth-order valence-corrected chi connectivity index (χ4v) is 0. The van der Waals surface area contributed by atoms with Crippen LogP contribution in [-0.4, -0.2) is 19.3 Å². The van der Waals surface area contributed by atoms with Crippen LogP contribution in [0, 0.1) is 0 Å². The summed E-state index contributed by atoms with van der Waals surface area (Å²) in [6.45, 7) is 0. The molecule has 0 bridgehead atoms. The maximum Gasteiger partial charge on any atom is 1.00 e. The minimum absolute atomic E-state index is 0. The van der Waals surface area contributed by atoms with Gasteiger partial charge in [0, 0.05) is 7.11 Å². The van der Waals surface area contributed by atoms with Gasteiger partial charge in [-0.15, -0.1) is 0 Å². The summed E-state index contributed by atoms with van der Waals surface area (Å²) in [5.41, 5.74) is 0. The molecule has 28 valence electrons. The van der Waals surface area contributed by atoms with Crippen molar-refractivity contribution in [3.63, 3.8) is 0 Å². The summed E-state index contributed by atoms with van der Waals surface area (Å²) in [6.07, 6.45) is 0. The van der Waals surface area contributed by atoms with Crippen molar-refractivity contribution < 1.29 is 29.1 Å². The van der Waals surface area contributed by atoms with Crippen molar-refractivity contribution in [1.29, 1.82) is 0 Å². The summed E-state index contributed by atoms with van der Waals surface area (Å²) < 4.78 is 0. The first kappa shape index (κ1) is 17.8. The summed E-state index contributed by atoms with van der Waals surface area (Å²) in [5, 5.41) is 15.2. The van der Waals surface area contributed by atoms with Crippen LogP contribution in [0.15, 0.2) is 0 Å². The second kappa shape index (κ2) is 209. The van der Waals surface area contributed by atoms with Gasteiger partial charge in [0.05, 0.1) is 0 Å². The maximum absolute atomic E-state index is 8.25. The Labute approximate surface area is 44.0 Å². The molecule has 0 aliphatic rings. The quantitative estimate of drug-likeness (QED) is 0.292. The fourth-order valence-electron chi connectivity index (χ4n) is 0. The van der Waals surface area contributed by atoms with Gasteiger partial charge in [-0.3, -0.25) is 0 Å². The molecule has 5 heavy (non-hydrogen) atoms. The third kappa shape index (κ3) is 107. The first-order valence-corrected chi connectivity index (χ1v) is 0.855. The standard InChI is InChI=1S/CH4O.CH3O.Li/c2*1-2;/h2H,1H3;1H3;/q;-1;+1. The van der Waals surface area contributed by atoms with E-state index < -0.39 is 0 Å². The smallest absolute Gasteiger partial charge is 0.857 e. The summed E-state index contributed by atoms with van der Waals surface area (Å²) in [6, 6.07) is 0. The van der Waals surface area contributed by atoms with Gasteiger partial charge >= 0.3 is 18.9 Å². The van der Waals surface area contributed by atoms with E-state index >= 15 is 0 Å². The van der Waals surface area contributed by atoms with Crippen LogP contribution in [0.5, 0.6) is 0 Å². The predicted octanol–water partition coefficient (Wildman–Crippen LogP) is -4.41. The molecule has 0 aromatic rings. The van der Waals surface area contributed by atoms with Crippen molar-refractivity contribution in [1.82, 2.24) is 0 Å². The van der Waals surface area contributed by atoms with Crippen molar-refractivity contribution >= 4 is 0 Å². The molecule has 0 atom stereocenters. The minimum Gasteiger partial charge on any atom is -0.857 e. The Morgan fingerprint density at radius 2 is 1.20 bits per heavy atom. The van der Waals surface area contributed by atoms with E-state index in [1.54, 1.807) is 0 Å². The third-order valence-corrected chi connectivity index (χ3v) is 0. The summed E-state index contributed by atoms with van der Waals surface area (Å²) in [7, 11) is 1.75. The molecule has 0 heterocycles. The summed E-state index contributed by atoms with van der Waals surface area (Å²) in [5.74, 6) is 0. The van der Waals surface area contributed by atoms with Gasteiger partial charge in [0.2, 0.25) is 0 Å². The largest absolute Gasteiger partial charge is 1.00 e. The van der Waals surface area contributed by atoms with Crippen molar-refractivity contribution in [2.45, 2.75) is 0 Å². The molecule has 1 N–H and O–H groups in total. The molecular formula is C2H7LiO2. The molecule has 0 aromatic carbocycles. The Morgan fingerprint density at radius 3 is 1.20 bits per heavy atom. The molecule has 0 rings (SSSR count). The van der Waals surface area contributed by atoms with E-state index in [1.807, 2.05) is 0 Å². The molecule has 0 aliphatic carbocycles. The van der Waals surface area contributed by atoms with E-state index in [0.29, 0.717) is 0 Å². The molecule has 0 radical (unpaired) electrons. The SMILES string of the molecule is CO.C[O-].[Li+]. The Kier molecular flexibility index (Phi) is 742. The first-order valence-electron chi connectivity index (χ1n) is 0.855. The fraction of sp³-hybridized carbons (Fsp3) is 1.00. The maximum atomic E-state index is 8.25. The Bertz CT molecular complexity index is 7.61. The zero-order chi connectivity index (χ0) is 4.00. The van der Waals surface area contributed by atoms with E-state index in [9.17, 15) is 0 Å². The molecule has 0 aromatic heterocycles. The van der Waals surface area contributed by atoms with Crippen LogP contribution >= 0.6 is 0 Å². The van der Waals surface area contributed by atoms with Crippen LogP contribution in [-0.2, 0) is 0 Å². The Balaban J connectivity index is -0.0000000133. The molecule has 0 amide bonds. The molecule has 0 fully saturated rings. The van der Waals surface area contributed by atoms with E-state index in [4.69, 9.17) is 10.2 Å². The number of hydrogen-bond donors (Lipinski definition) is 1. The summed E-state index contributed by atoms with van der Waals surface area (Å²) in [4.78, 5) is 0. The third-order valence-electron chi connectivity index (χ3n) is 0. The summed E-state index contributed by atoms with van der Waals surface area (Å²) >= 11 is 0. The van der Waals surface area contributed by atoms with Gasteiger partial charge in [0.25, 0.3) is 0 Å². The monoisotopic (exact) mass is 70.1 g/mol. The minimum atomic E-state index is 0. The number of rotatable bonds is 0. The first-order chi connectivity index (χ1) is 2.00. The van der Waals surface area contributed by atoms with Crippen molar-refractivity contribution in [2.75, 3.05) is 14.2 Å².